The lowest BCUT2D eigenvalue weighted by Gasteiger charge is -2.23. The van der Waals surface area contributed by atoms with Crippen molar-refractivity contribution in [3.05, 3.63) is 29.8 Å². The summed E-state index contributed by atoms with van der Waals surface area (Å²) in [6.07, 6.45) is 0.458. The van der Waals surface area contributed by atoms with E-state index in [0.29, 0.717) is 6.42 Å². The Balaban J connectivity index is 2.23. The Bertz CT molecular complexity index is 398. The Hall–Kier alpha value is -1.10. The summed E-state index contributed by atoms with van der Waals surface area (Å²) in [7, 11) is 3.43. The molecule has 1 N–H and O–H groups in total. The maximum Gasteiger partial charge on any atom is 0.102 e. The monoisotopic (exact) mass is 265 g/mol. The van der Waals surface area contributed by atoms with Crippen LogP contribution in [-0.2, 0) is 9.47 Å². The molecule has 0 amide bonds. The third-order valence-electron chi connectivity index (χ3n) is 3.84. The second-order valence-electron chi connectivity index (χ2n) is 4.94. The summed E-state index contributed by atoms with van der Waals surface area (Å²) >= 11 is 0. The second-order valence-corrected chi connectivity index (χ2v) is 4.94. The van der Waals surface area contributed by atoms with Crippen molar-refractivity contribution in [3.63, 3.8) is 0 Å². The van der Waals surface area contributed by atoms with Crippen molar-refractivity contribution in [3.8, 4) is 0 Å². The van der Waals surface area contributed by atoms with Crippen LogP contribution in [0.25, 0.3) is 0 Å². The van der Waals surface area contributed by atoms with Gasteiger partial charge < -0.3 is 19.5 Å². The molecule has 0 radical (unpaired) electrons. The maximum atomic E-state index is 10.1. The Morgan fingerprint density at radius 3 is 2.32 bits per heavy atom. The largest absolute Gasteiger partial charge is 0.388 e. The molecule has 1 aromatic carbocycles. The number of nitrogens with zero attached hydrogens (tertiary/aromatic N) is 1. The highest BCUT2D eigenvalue weighted by molar-refractivity contribution is 5.55. The topological polar surface area (TPSA) is 41.9 Å². The van der Waals surface area contributed by atoms with Gasteiger partial charge in [-0.25, -0.2) is 0 Å². The van der Waals surface area contributed by atoms with Gasteiger partial charge in [-0.1, -0.05) is 25.1 Å². The molecule has 0 aromatic heterocycles. The van der Waals surface area contributed by atoms with E-state index in [2.05, 4.69) is 11.0 Å². The van der Waals surface area contributed by atoms with E-state index in [0.717, 1.165) is 24.3 Å². The van der Waals surface area contributed by atoms with Crippen LogP contribution in [0.3, 0.4) is 0 Å². The molecule has 0 bridgehead atoms. The summed E-state index contributed by atoms with van der Waals surface area (Å²) in [5.41, 5.74) is 2.06. The SMILES string of the molecule is CCC(O)c1ccccc1N1CC(OC)C(OC)C1. The van der Waals surface area contributed by atoms with E-state index >= 15 is 0 Å². The summed E-state index contributed by atoms with van der Waals surface area (Å²) in [5.74, 6) is 0. The molecule has 0 saturated carbocycles. The first-order valence-electron chi connectivity index (χ1n) is 6.78. The van der Waals surface area contributed by atoms with Gasteiger partial charge in [0, 0.05) is 38.6 Å². The molecular formula is C15H23NO3. The van der Waals surface area contributed by atoms with Crippen molar-refractivity contribution >= 4 is 5.69 Å². The van der Waals surface area contributed by atoms with Gasteiger partial charge in [0.15, 0.2) is 0 Å². The Kier molecular flexibility index (Phi) is 4.80. The van der Waals surface area contributed by atoms with E-state index in [-0.39, 0.29) is 12.2 Å². The summed E-state index contributed by atoms with van der Waals surface area (Å²) in [4.78, 5) is 2.23. The predicted molar refractivity (Wildman–Crippen MR) is 75.5 cm³/mol. The van der Waals surface area contributed by atoms with Gasteiger partial charge in [0.25, 0.3) is 0 Å². The number of aliphatic hydroxyl groups excluding tert-OH is 1. The van der Waals surface area contributed by atoms with E-state index in [4.69, 9.17) is 9.47 Å². The standard InChI is InChI=1S/C15H23NO3/c1-4-13(17)11-7-5-6-8-12(11)16-9-14(18-2)15(10-16)19-3/h5-8,13-15,17H,4,9-10H2,1-3H3. The van der Waals surface area contributed by atoms with Crippen molar-refractivity contribution in [2.75, 3.05) is 32.2 Å². The summed E-state index contributed by atoms with van der Waals surface area (Å²) in [6.45, 7) is 3.58. The second kappa shape index (κ2) is 6.37. The van der Waals surface area contributed by atoms with Gasteiger partial charge in [-0.3, -0.25) is 0 Å². The van der Waals surface area contributed by atoms with Crippen LogP contribution in [0.4, 0.5) is 5.69 Å². The average molecular weight is 265 g/mol. The number of anilines is 1. The molecule has 1 saturated heterocycles. The van der Waals surface area contributed by atoms with Crippen LogP contribution in [0.5, 0.6) is 0 Å². The molecule has 3 atom stereocenters. The van der Waals surface area contributed by atoms with Crippen molar-refractivity contribution in [1.82, 2.24) is 0 Å². The van der Waals surface area contributed by atoms with Gasteiger partial charge >= 0.3 is 0 Å². The summed E-state index contributed by atoms with van der Waals surface area (Å²) < 4.78 is 10.9. The zero-order valence-corrected chi connectivity index (χ0v) is 11.9. The molecule has 1 fully saturated rings. The van der Waals surface area contributed by atoms with Crippen LogP contribution >= 0.6 is 0 Å². The van der Waals surface area contributed by atoms with Gasteiger partial charge in [-0.15, -0.1) is 0 Å². The number of hydrogen-bond acceptors (Lipinski definition) is 4. The minimum absolute atomic E-state index is 0.0804. The fraction of sp³-hybridized carbons (Fsp3) is 0.600. The Morgan fingerprint density at radius 1 is 1.21 bits per heavy atom. The highest BCUT2D eigenvalue weighted by atomic mass is 16.5. The van der Waals surface area contributed by atoms with E-state index in [1.165, 1.54) is 0 Å². The zero-order valence-electron chi connectivity index (χ0n) is 11.9. The highest BCUT2D eigenvalue weighted by Crippen LogP contribution is 2.31. The van der Waals surface area contributed by atoms with E-state index < -0.39 is 6.10 Å². The zero-order chi connectivity index (χ0) is 13.8. The van der Waals surface area contributed by atoms with Gasteiger partial charge in [0.2, 0.25) is 0 Å². The Labute approximate surface area is 114 Å². The van der Waals surface area contributed by atoms with Crippen LogP contribution in [0.15, 0.2) is 24.3 Å². The fourth-order valence-corrected chi connectivity index (χ4v) is 2.67. The molecule has 0 aliphatic carbocycles. The first-order chi connectivity index (χ1) is 9.21. The Morgan fingerprint density at radius 2 is 1.79 bits per heavy atom. The van der Waals surface area contributed by atoms with Crippen LogP contribution in [0.1, 0.15) is 25.0 Å². The number of benzene rings is 1. The third kappa shape index (κ3) is 2.91. The molecule has 1 aliphatic rings. The lowest BCUT2D eigenvalue weighted by atomic mass is 10.0. The van der Waals surface area contributed by atoms with E-state index in [1.807, 2.05) is 25.1 Å². The smallest absolute Gasteiger partial charge is 0.102 e. The molecule has 19 heavy (non-hydrogen) atoms. The van der Waals surface area contributed by atoms with Crippen molar-refractivity contribution in [1.29, 1.82) is 0 Å². The minimum atomic E-state index is -0.418. The molecule has 106 valence electrons. The molecule has 4 nitrogen and oxygen atoms in total. The summed E-state index contributed by atoms with van der Waals surface area (Å²) in [6, 6.07) is 8.02. The van der Waals surface area contributed by atoms with E-state index in [1.54, 1.807) is 14.2 Å². The molecule has 2 rings (SSSR count). The molecule has 0 spiro atoms. The minimum Gasteiger partial charge on any atom is -0.388 e. The molecule has 1 aromatic rings. The number of ether oxygens (including phenoxy) is 2. The molecule has 1 heterocycles. The van der Waals surface area contributed by atoms with E-state index in [9.17, 15) is 5.11 Å². The van der Waals surface area contributed by atoms with Crippen molar-refractivity contribution in [2.45, 2.75) is 31.7 Å². The quantitative estimate of drug-likeness (QED) is 0.884. The van der Waals surface area contributed by atoms with Gasteiger partial charge in [0.05, 0.1) is 6.10 Å². The van der Waals surface area contributed by atoms with Gasteiger partial charge in [0.1, 0.15) is 12.2 Å². The number of para-hydroxylation sites is 1. The third-order valence-corrected chi connectivity index (χ3v) is 3.84. The van der Waals surface area contributed by atoms with Crippen LogP contribution in [-0.4, -0.2) is 44.6 Å². The number of hydrogen-bond donors (Lipinski definition) is 1. The first kappa shape index (κ1) is 14.3. The number of aliphatic hydroxyl groups is 1. The highest BCUT2D eigenvalue weighted by Gasteiger charge is 2.34. The number of rotatable bonds is 5. The average Bonchev–Trinajstić information content (AvgIpc) is 2.89. The molecule has 4 heteroatoms. The lowest BCUT2D eigenvalue weighted by molar-refractivity contribution is -0.00461. The van der Waals surface area contributed by atoms with Crippen molar-refractivity contribution < 1.29 is 14.6 Å². The van der Waals surface area contributed by atoms with Crippen LogP contribution < -0.4 is 4.90 Å². The maximum absolute atomic E-state index is 10.1. The van der Waals surface area contributed by atoms with Crippen LogP contribution in [0, 0.1) is 0 Å². The molecular weight excluding hydrogens is 242 g/mol. The van der Waals surface area contributed by atoms with Gasteiger partial charge in [-0.05, 0) is 12.5 Å². The van der Waals surface area contributed by atoms with Crippen LogP contribution in [0.2, 0.25) is 0 Å². The molecule has 1 aliphatic heterocycles. The predicted octanol–water partition coefficient (Wildman–Crippen LogP) is 1.98. The molecule has 3 unspecified atom stereocenters. The summed E-state index contributed by atoms with van der Waals surface area (Å²) in [5, 5.41) is 10.1. The van der Waals surface area contributed by atoms with Crippen molar-refractivity contribution in [2.24, 2.45) is 0 Å². The normalized spacial score (nSPS) is 24.7. The first-order valence-corrected chi connectivity index (χ1v) is 6.78. The fourth-order valence-electron chi connectivity index (χ4n) is 2.67. The van der Waals surface area contributed by atoms with Gasteiger partial charge in [-0.2, -0.15) is 0 Å². The lowest BCUT2D eigenvalue weighted by Crippen LogP contribution is -2.27. The number of methoxy groups -OCH3 is 2.